The Bertz CT molecular complexity index is 420. The molecule has 3 nitrogen and oxygen atoms in total. The maximum atomic E-state index is 5.98. The molecule has 1 saturated carbocycles. The summed E-state index contributed by atoms with van der Waals surface area (Å²) in [6, 6.07) is 6.34. The van der Waals surface area contributed by atoms with Crippen LogP contribution in [-0.2, 0) is 4.74 Å². The zero-order valence-corrected chi connectivity index (χ0v) is 12.0. The summed E-state index contributed by atoms with van der Waals surface area (Å²) in [7, 11) is 1.77. The van der Waals surface area contributed by atoms with E-state index in [9.17, 15) is 0 Å². The van der Waals surface area contributed by atoms with Crippen LogP contribution >= 0.6 is 15.9 Å². The van der Waals surface area contributed by atoms with E-state index >= 15 is 0 Å². The van der Waals surface area contributed by atoms with E-state index in [1.807, 2.05) is 18.2 Å². The molecule has 0 heterocycles. The molecule has 0 saturated heterocycles. The number of benzene rings is 1. The number of ether oxygens (including phenoxy) is 1. The number of hydrogen-bond donors (Lipinski definition) is 2. The van der Waals surface area contributed by atoms with Crippen LogP contribution in [0.15, 0.2) is 22.7 Å². The van der Waals surface area contributed by atoms with E-state index in [1.54, 1.807) is 7.11 Å². The van der Waals surface area contributed by atoms with Crippen molar-refractivity contribution in [2.45, 2.75) is 32.4 Å². The van der Waals surface area contributed by atoms with E-state index in [0.717, 1.165) is 22.3 Å². The van der Waals surface area contributed by atoms with Gasteiger partial charge in [-0.15, -0.1) is 0 Å². The first-order valence-electron chi connectivity index (χ1n) is 5.79. The van der Waals surface area contributed by atoms with Gasteiger partial charge in [0, 0.05) is 23.0 Å². The number of anilines is 2. The van der Waals surface area contributed by atoms with Crippen LogP contribution in [0.5, 0.6) is 0 Å². The minimum atomic E-state index is 0.147. The van der Waals surface area contributed by atoms with E-state index in [2.05, 4.69) is 35.1 Å². The molecule has 1 aliphatic rings. The van der Waals surface area contributed by atoms with Crippen molar-refractivity contribution in [3.63, 3.8) is 0 Å². The molecule has 1 aromatic rings. The van der Waals surface area contributed by atoms with Crippen molar-refractivity contribution < 1.29 is 4.74 Å². The lowest BCUT2D eigenvalue weighted by Gasteiger charge is -2.51. The van der Waals surface area contributed by atoms with Crippen LogP contribution in [0.4, 0.5) is 11.4 Å². The Labute approximate surface area is 111 Å². The standard InChI is InChI=1S/C13H19BrN2O/c1-13(2)11(7-12(13)17-3)16-10-5-4-8(14)6-9(10)15/h4-6,11-12,16H,7,15H2,1-3H3. The first-order chi connectivity index (χ1) is 7.95. The molecule has 0 aromatic heterocycles. The van der Waals surface area contributed by atoms with Gasteiger partial charge in [0.05, 0.1) is 17.5 Å². The summed E-state index contributed by atoms with van der Waals surface area (Å²) in [5, 5.41) is 3.50. The predicted molar refractivity (Wildman–Crippen MR) is 75.2 cm³/mol. The molecule has 2 unspecified atom stereocenters. The van der Waals surface area contributed by atoms with Crippen LogP contribution in [0.25, 0.3) is 0 Å². The van der Waals surface area contributed by atoms with Gasteiger partial charge in [0.15, 0.2) is 0 Å². The highest BCUT2D eigenvalue weighted by molar-refractivity contribution is 9.10. The van der Waals surface area contributed by atoms with E-state index in [0.29, 0.717) is 12.1 Å². The van der Waals surface area contributed by atoms with Crippen LogP contribution in [0, 0.1) is 5.41 Å². The number of methoxy groups -OCH3 is 1. The van der Waals surface area contributed by atoms with Crippen molar-refractivity contribution in [2.75, 3.05) is 18.2 Å². The van der Waals surface area contributed by atoms with Gasteiger partial charge in [-0.05, 0) is 24.6 Å². The first-order valence-corrected chi connectivity index (χ1v) is 6.59. The molecule has 1 fully saturated rings. The topological polar surface area (TPSA) is 47.3 Å². The molecular formula is C13H19BrN2O. The second kappa shape index (κ2) is 4.50. The average Bonchev–Trinajstić information content (AvgIpc) is 2.26. The smallest absolute Gasteiger partial charge is 0.0661 e. The monoisotopic (exact) mass is 298 g/mol. The highest BCUT2D eigenvalue weighted by atomic mass is 79.9. The third-order valence-corrected chi connectivity index (χ3v) is 4.30. The first kappa shape index (κ1) is 12.7. The number of hydrogen-bond acceptors (Lipinski definition) is 3. The van der Waals surface area contributed by atoms with Gasteiger partial charge in [-0.25, -0.2) is 0 Å². The summed E-state index contributed by atoms with van der Waals surface area (Å²) in [5.41, 5.74) is 7.90. The minimum Gasteiger partial charge on any atom is -0.397 e. The Balaban J connectivity index is 2.08. The lowest BCUT2D eigenvalue weighted by atomic mass is 9.64. The van der Waals surface area contributed by atoms with Crippen LogP contribution in [0.3, 0.4) is 0 Å². The minimum absolute atomic E-state index is 0.147. The summed E-state index contributed by atoms with van der Waals surface area (Å²) in [6.45, 7) is 4.44. The van der Waals surface area contributed by atoms with Gasteiger partial charge in [0.2, 0.25) is 0 Å². The van der Waals surface area contributed by atoms with Crippen LogP contribution in [0.1, 0.15) is 20.3 Å². The van der Waals surface area contributed by atoms with Crippen LogP contribution in [0.2, 0.25) is 0 Å². The SMILES string of the molecule is COC1CC(Nc2ccc(Br)cc2N)C1(C)C. The Morgan fingerprint density at radius 1 is 1.47 bits per heavy atom. The maximum Gasteiger partial charge on any atom is 0.0661 e. The normalized spacial score (nSPS) is 26.4. The molecule has 3 N–H and O–H groups in total. The van der Waals surface area contributed by atoms with Gasteiger partial charge >= 0.3 is 0 Å². The van der Waals surface area contributed by atoms with E-state index in [-0.39, 0.29) is 5.41 Å². The average molecular weight is 299 g/mol. The Morgan fingerprint density at radius 3 is 2.71 bits per heavy atom. The largest absolute Gasteiger partial charge is 0.397 e. The number of nitrogens with two attached hydrogens (primary N) is 1. The Kier molecular flexibility index (Phi) is 3.36. The summed E-state index contributed by atoms with van der Waals surface area (Å²) >= 11 is 3.41. The van der Waals surface area contributed by atoms with Crippen molar-refractivity contribution in [3.8, 4) is 0 Å². The predicted octanol–water partition coefficient (Wildman–Crippen LogP) is 3.26. The van der Waals surface area contributed by atoms with E-state index in [4.69, 9.17) is 10.5 Å². The van der Waals surface area contributed by atoms with Crippen molar-refractivity contribution >= 4 is 27.3 Å². The summed E-state index contributed by atoms with van der Waals surface area (Å²) in [5.74, 6) is 0. The zero-order chi connectivity index (χ0) is 12.6. The quantitative estimate of drug-likeness (QED) is 0.842. The Hall–Kier alpha value is -0.740. The fourth-order valence-corrected chi connectivity index (χ4v) is 2.76. The van der Waals surface area contributed by atoms with E-state index < -0.39 is 0 Å². The van der Waals surface area contributed by atoms with Gasteiger partial charge in [0.25, 0.3) is 0 Å². The third-order valence-electron chi connectivity index (χ3n) is 3.81. The number of nitrogen functional groups attached to an aromatic ring is 1. The molecule has 0 amide bonds. The fraction of sp³-hybridized carbons (Fsp3) is 0.538. The molecule has 4 heteroatoms. The van der Waals surface area contributed by atoms with Crippen LogP contribution < -0.4 is 11.1 Å². The summed E-state index contributed by atoms with van der Waals surface area (Å²) in [4.78, 5) is 0. The molecule has 1 aromatic carbocycles. The number of halogens is 1. The van der Waals surface area contributed by atoms with Crippen molar-refractivity contribution in [1.82, 2.24) is 0 Å². The summed E-state index contributed by atoms with van der Waals surface area (Å²) in [6.07, 6.45) is 1.36. The van der Waals surface area contributed by atoms with Crippen molar-refractivity contribution in [2.24, 2.45) is 5.41 Å². The van der Waals surface area contributed by atoms with Crippen molar-refractivity contribution in [1.29, 1.82) is 0 Å². The molecule has 2 atom stereocenters. The van der Waals surface area contributed by atoms with Gasteiger partial charge < -0.3 is 15.8 Å². The number of nitrogens with one attached hydrogen (secondary N) is 1. The highest BCUT2D eigenvalue weighted by Gasteiger charge is 2.48. The molecule has 0 spiro atoms. The molecule has 0 aliphatic heterocycles. The molecule has 0 radical (unpaired) electrons. The summed E-state index contributed by atoms with van der Waals surface area (Å²) < 4.78 is 6.44. The third kappa shape index (κ3) is 2.29. The lowest BCUT2D eigenvalue weighted by molar-refractivity contribution is -0.0794. The fourth-order valence-electron chi connectivity index (χ4n) is 2.38. The highest BCUT2D eigenvalue weighted by Crippen LogP contribution is 2.44. The zero-order valence-electron chi connectivity index (χ0n) is 10.5. The second-order valence-corrected chi connectivity index (χ2v) is 6.13. The number of rotatable bonds is 3. The molecular weight excluding hydrogens is 280 g/mol. The van der Waals surface area contributed by atoms with Gasteiger partial charge in [-0.2, -0.15) is 0 Å². The van der Waals surface area contributed by atoms with Gasteiger partial charge in [-0.3, -0.25) is 0 Å². The maximum absolute atomic E-state index is 5.98. The van der Waals surface area contributed by atoms with Gasteiger partial charge in [-0.1, -0.05) is 29.8 Å². The Morgan fingerprint density at radius 2 is 2.18 bits per heavy atom. The van der Waals surface area contributed by atoms with Gasteiger partial charge in [0.1, 0.15) is 0 Å². The lowest BCUT2D eigenvalue weighted by Crippen LogP contribution is -2.57. The van der Waals surface area contributed by atoms with Crippen LogP contribution in [-0.4, -0.2) is 19.3 Å². The van der Waals surface area contributed by atoms with Crippen molar-refractivity contribution in [3.05, 3.63) is 22.7 Å². The van der Waals surface area contributed by atoms with E-state index in [1.165, 1.54) is 0 Å². The molecule has 1 aliphatic carbocycles. The molecule has 94 valence electrons. The second-order valence-electron chi connectivity index (χ2n) is 5.21. The molecule has 0 bridgehead atoms. The molecule has 17 heavy (non-hydrogen) atoms. The molecule has 2 rings (SSSR count).